The first-order valence-corrected chi connectivity index (χ1v) is 8.45. The average molecular weight is 372 g/mol. The molecule has 0 fully saturated rings. The summed E-state index contributed by atoms with van der Waals surface area (Å²) in [5.74, 6) is 0. The Morgan fingerprint density at radius 3 is 2.77 bits per heavy atom. The van der Waals surface area contributed by atoms with Gasteiger partial charge in [0.25, 0.3) is 0 Å². The van der Waals surface area contributed by atoms with Crippen LogP contribution in [0.25, 0.3) is 11.3 Å². The second kappa shape index (κ2) is 6.85. The summed E-state index contributed by atoms with van der Waals surface area (Å²) in [4.78, 5) is 4.54. The van der Waals surface area contributed by atoms with E-state index in [0.29, 0.717) is 0 Å². The fourth-order valence-corrected chi connectivity index (χ4v) is 2.92. The number of benzene rings is 2. The molecule has 1 N–H and O–H groups in total. The van der Waals surface area contributed by atoms with Gasteiger partial charge in [-0.25, -0.2) is 4.98 Å². The summed E-state index contributed by atoms with van der Waals surface area (Å²) >= 11 is 4.97. The van der Waals surface area contributed by atoms with Gasteiger partial charge >= 0.3 is 0 Å². The summed E-state index contributed by atoms with van der Waals surface area (Å²) < 4.78 is 1.06. The third-order valence-electron chi connectivity index (χ3n) is 3.06. The fourth-order valence-electron chi connectivity index (χ4n) is 1.99. The van der Waals surface area contributed by atoms with E-state index >= 15 is 0 Å². The van der Waals surface area contributed by atoms with Crippen LogP contribution < -0.4 is 5.43 Å². The molecular formula is C17H14BrN3S. The number of aromatic nitrogens is 1. The molecule has 0 amide bonds. The van der Waals surface area contributed by atoms with Gasteiger partial charge in [-0.3, -0.25) is 5.43 Å². The van der Waals surface area contributed by atoms with E-state index in [0.717, 1.165) is 26.4 Å². The molecule has 0 aliphatic carbocycles. The van der Waals surface area contributed by atoms with E-state index in [9.17, 15) is 0 Å². The van der Waals surface area contributed by atoms with Crippen LogP contribution in [-0.2, 0) is 0 Å². The molecule has 0 atom stereocenters. The van der Waals surface area contributed by atoms with Crippen LogP contribution in [0.3, 0.4) is 0 Å². The molecule has 1 heterocycles. The Kier molecular flexibility index (Phi) is 4.65. The van der Waals surface area contributed by atoms with Crippen LogP contribution >= 0.6 is 27.3 Å². The summed E-state index contributed by atoms with van der Waals surface area (Å²) in [5.41, 5.74) is 7.31. The molecule has 0 saturated heterocycles. The van der Waals surface area contributed by atoms with Gasteiger partial charge in [-0.05, 0) is 24.6 Å². The zero-order valence-electron chi connectivity index (χ0n) is 12.0. The molecule has 0 saturated carbocycles. The number of anilines is 1. The monoisotopic (exact) mass is 371 g/mol. The normalized spacial score (nSPS) is 11.0. The molecule has 0 radical (unpaired) electrons. The van der Waals surface area contributed by atoms with Crippen molar-refractivity contribution < 1.29 is 0 Å². The van der Waals surface area contributed by atoms with Crippen LogP contribution in [0.2, 0.25) is 0 Å². The van der Waals surface area contributed by atoms with Crippen molar-refractivity contribution in [3.05, 3.63) is 69.5 Å². The van der Waals surface area contributed by atoms with E-state index in [2.05, 4.69) is 50.5 Å². The van der Waals surface area contributed by atoms with Crippen LogP contribution in [0.5, 0.6) is 0 Å². The molecule has 5 heteroatoms. The summed E-state index contributed by atoms with van der Waals surface area (Å²) in [5, 5.41) is 7.04. The molecular weight excluding hydrogens is 358 g/mol. The van der Waals surface area contributed by atoms with E-state index in [-0.39, 0.29) is 0 Å². The number of aryl methyl sites for hydroxylation is 1. The van der Waals surface area contributed by atoms with E-state index in [4.69, 9.17) is 0 Å². The zero-order chi connectivity index (χ0) is 15.4. The molecule has 0 spiro atoms. The van der Waals surface area contributed by atoms with Crippen molar-refractivity contribution in [3.63, 3.8) is 0 Å². The third kappa shape index (κ3) is 3.81. The number of hydrogen-bond acceptors (Lipinski definition) is 4. The minimum Gasteiger partial charge on any atom is -0.253 e. The van der Waals surface area contributed by atoms with Crippen molar-refractivity contribution in [2.75, 3.05) is 5.43 Å². The first-order chi connectivity index (χ1) is 10.7. The van der Waals surface area contributed by atoms with E-state index < -0.39 is 0 Å². The van der Waals surface area contributed by atoms with Crippen molar-refractivity contribution in [3.8, 4) is 11.3 Å². The topological polar surface area (TPSA) is 37.3 Å². The average Bonchev–Trinajstić information content (AvgIpc) is 2.97. The highest BCUT2D eigenvalue weighted by atomic mass is 79.9. The van der Waals surface area contributed by atoms with Crippen molar-refractivity contribution >= 4 is 38.6 Å². The highest BCUT2D eigenvalue weighted by Crippen LogP contribution is 2.25. The molecule has 0 bridgehead atoms. The Hall–Kier alpha value is -1.98. The number of thiazole rings is 1. The van der Waals surface area contributed by atoms with E-state index in [1.165, 1.54) is 16.9 Å². The molecule has 3 nitrogen and oxygen atoms in total. The fraction of sp³-hybridized carbons (Fsp3) is 0.0588. The molecule has 22 heavy (non-hydrogen) atoms. The Bertz CT molecular complexity index is 794. The van der Waals surface area contributed by atoms with Crippen molar-refractivity contribution in [1.29, 1.82) is 0 Å². The van der Waals surface area contributed by atoms with Gasteiger partial charge in [-0.15, -0.1) is 11.3 Å². The van der Waals surface area contributed by atoms with Crippen LogP contribution in [0.15, 0.2) is 63.5 Å². The Labute approximate surface area is 141 Å². The maximum atomic E-state index is 4.54. The lowest BCUT2D eigenvalue weighted by Gasteiger charge is -1.97. The maximum absolute atomic E-state index is 4.54. The Balaban J connectivity index is 1.68. The minimum atomic E-state index is 0.779. The Morgan fingerprint density at radius 2 is 2.00 bits per heavy atom. The zero-order valence-corrected chi connectivity index (χ0v) is 14.4. The molecule has 0 aliphatic rings. The lowest BCUT2D eigenvalue weighted by molar-refractivity contribution is 1.29. The van der Waals surface area contributed by atoms with Crippen LogP contribution in [0.1, 0.15) is 11.1 Å². The highest BCUT2D eigenvalue weighted by Gasteiger charge is 2.03. The van der Waals surface area contributed by atoms with E-state index in [1.807, 2.05) is 41.8 Å². The Morgan fingerprint density at radius 1 is 1.18 bits per heavy atom. The first-order valence-electron chi connectivity index (χ1n) is 6.78. The molecule has 1 aromatic heterocycles. The second-order valence-electron chi connectivity index (χ2n) is 4.83. The van der Waals surface area contributed by atoms with Crippen LogP contribution in [0.4, 0.5) is 5.13 Å². The molecule has 110 valence electrons. The van der Waals surface area contributed by atoms with E-state index in [1.54, 1.807) is 6.21 Å². The van der Waals surface area contributed by atoms with Gasteiger partial charge in [-0.2, -0.15) is 5.10 Å². The predicted octanol–water partition coefficient (Wildman–Crippen LogP) is 5.33. The predicted molar refractivity (Wildman–Crippen MR) is 97.6 cm³/mol. The summed E-state index contributed by atoms with van der Waals surface area (Å²) in [6.45, 7) is 2.07. The van der Waals surface area contributed by atoms with Gasteiger partial charge < -0.3 is 0 Å². The van der Waals surface area contributed by atoms with Gasteiger partial charge in [0, 0.05) is 15.4 Å². The van der Waals surface area contributed by atoms with Crippen LogP contribution in [0, 0.1) is 6.92 Å². The van der Waals surface area contributed by atoms with Gasteiger partial charge in [-0.1, -0.05) is 57.9 Å². The number of rotatable bonds is 4. The summed E-state index contributed by atoms with van der Waals surface area (Å²) in [7, 11) is 0. The number of nitrogens with zero attached hydrogens (tertiary/aromatic N) is 2. The molecule has 2 aromatic carbocycles. The lowest BCUT2D eigenvalue weighted by atomic mass is 10.2. The summed E-state index contributed by atoms with van der Waals surface area (Å²) in [6, 6.07) is 16.3. The number of halogens is 1. The molecule has 0 aliphatic heterocycles. The minimum absolute atomic E-state index is 0.779. The van der Waals surface area contributed by atoms with Gasteiger partial charge in [0.2, 0.25) is 5.13 Å². The van der Waals surface area contributed by atoms with Crippen molar-refractivity contribution in [2.24, 2.45) is 5.10 Å². The number of nitrogens with one attached hydrogen (secondary N) is 1. The first kappa shape index (κ1) is 14.9. The number of hydrogen-bond donors (Lipinski definition) is 1. The van der Waals surface area contributed by atoms with Gasteiger partial charge in [0.15, 0.2) is 0 Å². The van der Waals surface area contributed by atoms with Crippen LogP contribution in [-0.4, -0.2) is 11.2 Å². The molecule has 3 rings (SSSR count). The second-order valence-corrected chi connectivity index (χ2v) is 6.60. The van der Waals surface area contributed by atoms with Crippen molar-refractivity contribution in [1.82, 2.24) is 4.98 Å². The quantitative estimate of drug-likeness (QED) is 0.497. The molecule has 0 unspecified atom stereocenters. The highest BCUT2D eigenvalue weighted by molar-refractivity contribution is 9.10. The number of hydrazone groups is 1. The van der Waals surface area contributed by atoms with Gasteiger partial charge in [0.1, 0.15) is 0 Å². The summed E-state index contributed by atoms with van der Waals surface area (Å²) in [6.07, 6.45) is 1.80. The molecule has 3 aromatic rings. The SMILES string of the molecule is Cc1cccc(/C=N\Nc2nc(-c3ccc(Br)cc3)cs2)c1. The smallest absolute Gasteiger partial charge is 0.203 e. The third-order valence-corrected chi connectivity index (χ3v) is 4.34. The largest absolute Gasteiger partial charge is 0.253 e. The standard InChI is InChI=1S/C17H14BrN3S/c1-12-3-2-4-13(9-12)10-19-21-17-20-16(11-22-17)14-5-7-15(18)8-6-14/h2-11H,1H3,(H,20,21)/b19-10-. The lowest BCUT2D eigenvalue weighted by Crippen LogP contribution is -1.90. The maximum Gasteiger partial charge on any atom is 0.203 e. The van der Waals surface area contributed by atoms with Gasteiger partial charge in [0.05, 0.1) is 11.9 Å². The van der Waals surface area contributed by atoms with Crippen molar-refractivity contribution in [2.45, 2.75) is 6.92 Å².